The first-order valence-electron chi connectivity index (χ1n) is 5.65. The fourth-order valence-electron chi connectivity index (χ4n) is 2.15. The fourth-order valence-corrected chi connectivity index (χ4v) is 2.15. The molecule has 0 spiro atoms. The van der Waals surface area contributed by atoms with Gasteiger partial charge in [0.25, 0.3) is 0 Å². The summed E-state index contributed by atoms with van der Waals surface area (Å²) >= 11 is 0. The molecule has 1 aliphatic rings. The van der Waals surface area contributed by atoms with Gasteiger partial charge in [-0.25, -0.2) is 4.85 Å². The maximum Gasteiger partial charge on any atom is 0.209 e. The van der Waals surface area contributed by atoms with Crippen LogP contribution in [0.25, 0.3) is 4.85 Å². The molecule has 2 aromatic rings. The van der Waals surface area contributed by atoms with Gasteiger partial charge in [-0.05, 0) is 13.1 Å². The van der Waals surface area contributed by atoms with Crippen LogP contribution in [0.5, 0.6) is 0 Å². The number of para-hydroxylation sites is 2. The van der Waals surface area contributed by atoms with E-state index in [4.69, 9.17) is 6.57 Å². The van der Waals surface area contributed by atoms with E-state index in [1.54, 1.807) is 0 Å². The van der Waals surface area contributed by atoms with Gasteiger partial charge in [-0.1, -0.05) is 12.1 Å². The van der Waals surface area contributed by atoms with E-state index in [1.165, 1.54) is 0 Å². The van der Waals surface area contributed by atoms with E-state index < -0.39 is 0 Å². The van der Waals surface area contributed by atoms with Crippen molar-refractivity contribution in [1.82, 2.24) is 0 Å². The van der Waals surface area contributed by atoms with Gasteiger partial charge >= 0.3 is 0 Å². The van der Waals surface area contributed by atoms with Crippen molar-refractivity contribution < 1.29 is 20.1 Å². The zero-order chi connectivity index (χ0) is 12.5. The second-order valence-corrected chi connectivity index (χ2v) is 4.10. The summed E-state index contributed by atoms with van der Waals surface area (Å²) in [5, 5.41) is 0. The first kappa shape index (κ1) is 13.6. The summed E-state index contributed by atoms with van der Waals surface area (Å²) in [5.41, 5.74) is 3.57. The molecule has 0 unspecified atom stereocenters. The third-order valence-electron chi connectivity index (χ3n) is 2.98. The molecule has 0 bridgehead atoms. The van der Waals surface area contributed by atoms with Crippen molar-refractivity contribution in [2.45, 2.75) is 0 Å². The van der Waals surface area contributed by atoms with E-state index in [0.717, 1.165) is 17.1 Å². The van der Waals surface area contributed by atoms with Gasteiger partial charge in [-0.15, -0.1) is 5.69 Å². The molecule has 0 aliphatic carbocycles. The molecule has 0 N–H and O–H groups in total. The van der Waals surface area contributed by atoms with Crippen molar-refractivity contribution in [3.8, 4) is 0 Å². The molecule has 0 atom stereocenters. The van der Waals surface area contributed by atoms with Crippen molar-refractivity contribution >= 4 is 22.7 Å². The van der Waals surface area contributed by atoms with Gasteiger partial charge in [0.2, 0.25) is 5.69 Å². The van der Waals surface area contributed by atoms with Crippen LogP contribution in [-0.4, -0.2) is 7.05 Å². The maximum atomic E-state index is 7.29. The van der Waals surface area contributed by atoms with Crippen molar-refractivity contribution in [2.24, 2.45) is 0 Å². The van der Waals surface area contributed by atoms with Crippen molar-refractivity contribution in [2.75, 3.05) is 16.8 Å². The molecule has 19 heavy (non-hydrogen) atoms. The Morgan fingerprint density at radius 2 is 2.05 bits per heavy atom. The molecule has 0 fully saturated rings. The Balaban J connectivity index is 0.00000133. The van der Waals surface area contributed by atoms with Crippen LogP contribution in [0, 0.1) is 19.3 Å². The van der Waals surface area contributed by atoms with Gasteiger partial charge in [-0.3, -0.25) is 0 Å². The van der Waals surface area contributed by atoms with Crippen LogP contribution in [0.15, 0.2) is 42.5 Å². The average molecular weight is 425 g/mol. The van der Waals surface area contributed by atoms with Crippen LogP contribution in [0.1, 0.15) is 0 Å². The second-order valence-electron chi connectivity index (χ2n) is 4.10. The Hall–Kier alpha value is -1.82. The smallest absolute Gasteiger partial charge is 0.209 e. The number of benzene rings is 2. The zero-order valence-electron chi connectivity index (χ0n) is 10.3. The van der Waals surface area contributed by atoms with Gasteiger partial charge in [0, 0.05) is 31.5 Å². The Kier molecular flexibility index (Phi) is 3.90. The number of rotatable bonds is 1. The number of hydrogen-bond acceptors (Lipinski definition) is 2. The standard InChI is InChI=1S/C15H11N3.Ir/c1-16-13-9-6-10-14-15(13)18(11-17(14)2)12-7-4-3-5-8-12;/h3-7,9-11H,2H3;/q-2;. The molecule has 0 amide bonds. The quantitative estimate of drug-likeness (QED) is 0.645. The Bertz CT molecular complexity index is 619. The maximum absolute atomic E-state index is 7.29. The van der Waals surface area contributed by atoms with Gasteiger partial charge in [-0.2, -0.15) is 37.0 Å². The zero-order valence-corrected chi connectivity index (χ0v) is 12.7. The fraction of sp³-hybridized carbons (Fsp3) is 0.0667. The number of hydrogen-bond donors (Lipinski definition) is 0. The normalized spacial score (nSPS) is 12.6. The van der Waals surface area contributed by atoms with Gasteiger partial charge in [0.15, 0.2) is 0 Å². The molecule has 3 nitrogen and oxygen atoms in total. The van der Waals surface area contributed by atoms with Crippen LogP contribution < -0.4 is 9.80 Å². The first-order valence-corrected chi connectivity index (χ1v) is 5.65. The minimum atomic E-state index is 0. The van der Waals surface area contributed by atoms with E-state index in [-0.39, 0.29) is 20.1 Å². The first-order chi connectivity index (χ1) is 8.81. The predicted molar refractivity (Wildman–Crippen MR) is 72.8 cm³/mol. The summed E-state index contributed by atoms with van der Waals surface area (Å²) in [6, 6.07) is 16.7. The summed E-state index contributed by atoms with van der Waals surface area (Å²) < 4.78 is 0. The molecule has 2 aromatic carbocycles. The SMILES string of the molecule is [C-]#[N+]c1cccc2c1N(c1[c-]cccc1)[CH-]N2C.[Ir]. The van der Waals surface area contributed by atoms with Gasteiger partial charge in [0.1, 0.15) is 0 Å². The van der Waals surface area contributed by atoms with Gasteiger partial charge in [0.05, 0.1) is 6.57 Å². The summed E-state index contributed by atoms with van der Waals surface area (Å²) in [7, 11) is 1.98. The molecule has 1 radical (unpaired) electrons. The van der Waals surface area contributed by atoms with E-state index in [0.29, 0.717) is 5.69 Å². The molecule has 1 heterocycles. The van der Waals surface area contributed by atoms with E-state index in [9.17, 15) is 0 Å². The van der Waals surface area contributed by atoms with Crippen molar-refractivity contribution in [3.05, 3.63) is 66.6 Å². The minimum Gasteiger partial charge on any atom is -0.505 e. The molecule has 0 saturated heterocycles. The minimum absolute atomic E-state index is 0. The van der Waals surface area contributed by atoms with Crippen LogP contribution in [0.4, 0.5) is 22.7 Å². The molecular weight excluding hydrogens is 414 g/mol. The molecule has 0 aromatic heterocycles. The van der Waals surface area contributed by atoms with Gasteiger partial charge < -0.3 is 9.80 Å². The van der Waals surface area contributed by atoms with E-state index in [1.807, 2.05) is 66.0 Å². The molecule has 0 saturated carbocycles. The Morgan fingerprint density at radius 1 is 1.21 bits per heavy atom. The summed E-state index contributed by atoms with van der Waals surface area (Å²) in [5.74, 6) is 0. The monoisotopic (exact) mass is 426 g/mol. The summed E-state index contributed by atoms with van der Waals surface area (Å²) in [4.78, 5) is 7.62. The number of anilines is 3. The van der Waals surface area contributed by atoms with Crippen LogP contribution in [-0.2, 0) is 20.1 Å². The second kappa shape index (κ2) is 5.44. The summed E-state index contributed by atoms with van der Waals surface area (Å²) in [6.07, 6.45) is 0. The number of nitrogens with zero attached hydrogens (tertiary/aromatic N) is 3. The van der Waals surface area contributed by atoms with Crippen LogP contribution in [0.3, 0.4) is 0 Å². The van der Waals surface area contributed by atoms with Crippen LogP contribution in [0.2, 0.25) is 0 Å². The molecule has 3 rings (SSSR count). The predicted octanol–water partition coefficient (Wildman–Crippen LogP) is 3.74. The van der Waals surface area contributed by atoms with Crippen molar-refractivity contribution in [1.29, 1.82) is 0 Å². The Morgan fingerprint density at radius 3 is 2.74 bits per heavy atom. The topological polar surface area (TPSA) is 10.8 Å². The molecule has 4 heteroatoms. The third-order valence-corrected chi connectivity index (χ3v) is 2.98. The summed E-state index contributed by atoms with van der Waals surface area (Å²) in [6.45, 7) is 9.26. The van der Waals surface area contributed by atoms with Crippen molar-refractivity contribution in [3.63, 3.8) is 0 Å². The molecule has 97 valence electrons. The third kappa shape index (κ3) is 2.23. The molecule has 1 aliphatic heterocycles. The molecular formula is C15H11IrN3-2. The number of fused-ring (bicyclic) bond motifs is 1. The van der Waals surface area contributed by atoms with E-state index >= 15 is 0 Å². The largest absolute Gasteiger partial charge is 0.505 e. The Labute approximate surface area is 126 Å². The van der Waals surface area contributed by atoms with Crippen LogP contribution >= 0.6 is 0 Å². The average Bonchev–Trinajstić information content (AvgIpc) is 2.77. The van der Waals surface area contributed by atoms with E-state index in [2.05, 4.69) is 10.9 Å².